The van der Waals surface area contributed by atoms with Crippen molar-refractivity contribution in [2.75, 3.05) is 0 Å². The van der Waals surface area contributed by atoms with Crippen LogP contribution in [0.4, 0.5) is 0 Å². The molecule has 2 heterocycles. The van der Waals surface area contributed by atoms with E-state index < -0.39 is 0 Å². The number of ether oxygens (including phenoxy) is 1. The Morgan fingerprint density at radius 1 is 0.806 bits per heavy atom. The molecule has 2 heteroatoms. The first-order valence-corrected chi connectivity index (χ1v) is 12.7. The lowest BCUT2D eigenvalue weighted by molar-refractivity contribution is 0.144. The van der Waals surface area contributed by atoms with Crippen molar-refractivity contribution in [3.63, 3.8) is 0 Å². The van der Waals surface area contributed by atoms with Gasteiger partial charge in [0.1, 0.15) is 11.9 Å². The van der Waals surface area contributed by atoms with Gasteiger partial charge in [0.25, 0.3) is 0 Å². The second kappa shape index (κ2) is 8.20. The number of hydrogen-bond acceptors (Lipinski definition) is 2. The summed E-state index contributed by atoms with van der Waals surface area (Å²) in [6, 6.07) is 38.6. The number of pyridine rings is 1. The van der Waals surface area contributed by atoms with Crippen molar-refractivity contribution in [3.05, 3.63) is 137 Å². The summed E-state index contributed by atoms with van der Waals surface area (Å²) in [5.41, 5.74) is 8.07. The fourth-order valence-corrected chi connectivity index (χ4v) is 5.68. The molecule has 1 aliphatic heterocycles. The molecule has 4 aromatic carbocycles. The Morgan fingerprint density at radius 2 is 1.53 bits per heavy atom. The van der Waals surface area contributed by atoms with Gasteiger partial charge >= 0.3 is 0 Å². The smallest absolute Gasteiger partial charge is 0.136 e. The van der Waals surface area contributed by atoms with E-state index in [1.165, 1.54) is 33.2 Å². The summed E-state index contributed by atoms with van der Waals surface area (Å²) in [4.78, 5) is 5.37. The van der Waals surface area contributed by atoms with Crippen molar-refractivity contribution in [2.45, 2.75) is 31.3 Å². The SMILES string of the molecule is Cc1ccc2cc(-c3ccccc3)nc(C3(C4O/C(=C/c5ccccc5)c5ccccc54)CC3)c2c1. The van der Waals surface area contributed by atoms with Crippen LogP contribution < -0.4 is 0 Å². The Kier molecular flexibility index (Phi) is 4.82. The van der Waals surface area contributed by atoms with Crippen LogP contribution in [0.2, 0.25) is 0 Å². The van der Waals surface area contributed by atoms with Crippen molar-refractivity contribution in [2.24, 2.45) is 0 Å². The van der Waals surface area contributed by atoms with Crippen LogP contribution in [0.25, 0.3) is 33.9 Å². The van der Waals surface area contributed by atoms with Gasteiger partial charge in [-0.3, -0.25) is 4.98 Å². The van der Waals surface area contributed by atoms with Crippen LogP contribution in [0.5, 0.6) is 0 Å². The zero-order chi connectivity index (χ0) is 24.1. The molecule has 0 saturated heterocycles. The van der Waals surface area contributed by atoms with E-state index in [0.29, 0.717) is 0 Å². The van der Waals surface area contributed by atoms with Gasteiger partial charge in [-0.25, -0.2) is 0 Å². The summed E-state index contributed by atoms with van der Waals surface area (Å²) >= 11 is 0. The van der Waals surface area contributed by atoms with E-state index in [9.17, 15) is 0 Å². The number of aromatic nitrogens is 1. The van der Waals surface area contributed by atoms with Crippen LogP contribution in [-0.2, 0) is 10.2 Å². The van der Waals surface area contributed by atoms with Crippen molar-refractivity contribution in [1.29, 1.82) is 0 Å². The Labute approximate surface area is 211 Å². The van der Waals surface area contributed by atoms with Crippen molar-refractivity contribution >= 4 is 22.6 Å². The van der Waals surface area contributed by atoms with Gasteiger partial charge in [-0.15, -0.1) is 0 Å². The zero-order valence-corrected chi connectivity index (χ0v) is 20.3. The Balaban J connectivity index is 1.40. The Bertz CT molecular complexity index is 1610. The molecule has 0 N–H and O–H groups in total. The summed E-state index contributed by atoms with van der Waals surface area (Å²) in [7, 11) is 0. The van der Waals surface area contributed by atoms with E-state index in [4.69, 9.17) is 9.72 Å². The molecule has 1 unspecified atom stereocenters. The van der Waals surface area contributed by atoms with Gasteiger partial charge in [-0.2, -0.15) is 0 Å². The molecule has 1 atom stereocenters. The number of rotatable bonds is 4. The predicted molar refractivity (Wildman–Crippen MR) is 147 cm³/mol. The predicted octanol–water partition coefficient (Wildman–Crippen LogP) is 8.51. The standard InChI is InChI=1S/C34H27NO/c1-23-16-17-26-22-30(25-12-6-3-7-13-25)35-32(29(26)20-23)34(18-19-34)33-28-15-9-8-14-27(28)31(36-33)21-24-10-4-2-5-11-24/h2-17,20-22,33H,18-19H2,1H3/b31-21+. The number of aryl methyl sites for hydroxylation is 1. The summed E-state index contributed by atoms with van der Waals surface area (Å²) in [6.07, 6.45) is 4.26. The highest BCUT2D eigenvalue weighted by Crippen LogP contribution is 2.62. The molecule has 5 aromatic rings. The third kappa shape index (κ3) is 3.45. The second-order valence-corrected chi connectivity index (χ2v) is 10.1. The number of benzene rings is 4. The summed E-state index contributed by atoms with van der Waals surface area (Å²) in [5, 5.41) is 2.48. The van der Waals surface area contributed by atoms with Gasteiger partial charge in [0.05, 0.1) is 16.8 Å². The molecule has 7 rings (SSSR count). The first-order chi connectivity index (χ1) is 17.7. The maximum atomic E-state index is 6.86. The highest BCUT2D eigenvalue weighted by molar-refractivity contribution is 5.90. The van der Waals surface area contributed by atoms with Gasteiger partial charge in [0.2, 0.25) is 0 Å². The zero-order valence-electron chi connectivity index (χ0n) is 20.3. The van der Waals surface area contributed by atoms with Gasteiger partial charge in [0, 0.05) is 22.1 Å². The third-order valence-electron chi connectivity index (χ3n) is 7.67. The molecule has 1 aromatic heterocycles. The fourth-order valence-electron chi connectivity index (χ4n) is 5.68. The molecule has 0 radical (unpaired) electrons. The normalized spacial score (nSPS) is 18.7. The average molecular weight is 466 g/mol. The number of fused-ring (bicyclic) bond motifs is 2. The van der Waals surface area contributed by atoms with E-state index in [1.54, 1.807) is 0 Å². The van der Waals surface area contributed by atoms with E-state index >= 15 is 0 Å². The van der Waals surface area contributed by atoms with Crippen LogP contribution in [0, 0.1) is 6.92 Å². The van der Waals surface area contributed by atoms with Gasteiger partial charge < -0.3 is 4.74 Å². The quantitative estimate of drug-likeness (QED) is 0.265. The molecule has 36 heavy (non-hydrogen) atoms. The average Bonchev–Trinajstić information content (AvgIpc) is 3.65. The van der Waals surface area contributed by atoms with Crippen molar-refractivity contribution in [1.82, 2.24) is 4.98 Å². The van der Waals surface area contributed by atoms with Crippen LogP contribution in [-0.4, -0.2) is 4.98 Å². The minimum atomic E-state index is -0.140. The lowest BCUT2D eigenvalue weighted by atomic mass is 9.85. The second-order valence-electron chi connectivity index (χ2n) is 10.1. The van der Waals surface area contributed by atoms with Gasteiger partial charge in [-0.05, 0) is 48.9 Å². The lowest BCUT2D eigenvalue weighted by Gasteiger charge is -2.25. The van der Waals surface area contributed by atoms with Crippen LogP contribution in [0.1, 0.15) is 46.9 Å². The molecular formula is C34H27NO. The van der Waals surface area contributed by atoms with Crippen LogP contribution in [0.3, 0.4) is 0 Å². The highest BCUT2D eigenvalue weighted by Gasteiger charge is 2.57. The topological polar surface area (TPSA) is 22.1 Å². The number of hydrogen-bond donors (Lipinski definition) is 0. The molecule has 0 bridgehead atoms. The summed E-state index contributed by atoms with van der Waals surface area (Å²) in [6.45, 7) is 2.16. The highest BCUT2D eigenvalue weighted by atomic mass is 16.5. The summed E-state index contributed by atoms with van der Waals surface area (Å²) in [5.74, 6) is 0.952. The van der Waals surface area contributed by atoms with Crippen LogP contribution in [0.15, 0.2) is 109 Å². The van der Waals surface area contributed by atoms with E-state index in [-0.39, 0.29) is 11.5 Å². The molecule has 174 valence electrons. The maximum absolute atomic E-state index is 6.86. The minimum absolute atomic E-state index is 0.0501. The maximum Gasteiger partial charge on any atom is 0.136 e. The monoisotopic (exact) mass is 465 g/mol. The van der Waals surface area contributed by atoms with Crippen LogP contribution >= 0.6 is 0 Å². The van der Waals surface area contributed by atoms with E-state index in [1.807, 2.05) is 6.07 Å². The molecule has 1 fully saturated rings. The molecular weight excluding hydrogens is 438 g/mol. The molecule has 0 amide bonds. The fraction of sp³-hybridized carbons (Fsp3) is 0.147. The summed E-state index contributed by atoms with van der Waals surface area (Å²) < 4.78 is 6.86. The van der Waals surface area contributed by atoms with E-state index in [2.05, 4.69) is 116 Å². The van der Waals surface area contributed by atoms with Crippen molar-refractivity contribution < 1.29 is 4.74 Å². The minimum Gasteiger partial charge on any atom is -0.484 e. The Hall–Kier alpha value is -4.17. The van der Waals surface area contributed by atoms with E-state index in [0.717, 1.165) is 35.4 Å². The molecule has 2 nitrogen and oxygen atoms in total. The molecule has 1 aliphatic carbocycles. The lowest BCUT2D eigenvalue weighted by Crippen LogP contribution is -2.20. The first kappa shape index (κ1) is 21.1. The van der Waals surface area contributed by atoms with Gasteiger partial charge in [-0.1, -0.05) is 103 Å². The third-order valence-corrected chi connectivity index (χ3v) is 7.67. The largest absolute Gasteiger partial charge is 0.484 e. The first-order valence-electron chi connectivity index (χ1n) is 12.7. The number of nitrogens with zero attached hydrogens (tertiary/aromatic N) is 1. The Morgan fingerprint density at radius 3 is 2.31 bits per heavy atom. The van der Waals surface area contributed by atoms with Crippen molar-refractivity contribution in [3.8, 4) is 11.3 Å². The molecule has 1 saturated carbocycles. The molecule has 2 aliphatic rings. The van der Waals surface area contributed by atoms with Gasteiger partial charge in [0.15, 0.2) is 0 Å². The molecule has 0 spiro atoms.